The first-order chi connectivity index (χ1) is 10.7. The van der Waals surface area contributed by atoms with Crippen molar-refractivity contribution in [3.05, 3.63) is 62.8 Å². The Hall–Kier alpha value is 0.206. The number of carbonyl (C=O) groups is 1. The largest absolute Gasteiger partial charge is 2.00 e. The summed E-state index contributed by atoms with van der Waals surface area (Å²) in [5.41, 5.74) is 1.28. The maximum absolute atomic E-state index is 12.7. The fraction of sp³-hybridized carbons (Fsp3) is 0.450. The Bertz CT molecular complexity index is 346. The first-order valence-corrected chi connectivity index (χ1v) is 11.9. The zero-order valence-electron chi connectivity index (χ0n) is 16.0. The van der Waals surface area contributed by atoms with Gasteiger partial charge in [-0.2, -0.15) is 0 Å². The van der Waals surface area contributed by atoms with E-state index in [4.69, 9.17) is 0 Å². The van der Waals surface area contributed by atoms with Gasteiger partial charge in [0.25, 0.3) is 0 Å². The Labute approximate surface area is 163 Å². The predicted octanol–water partition coefficient (Wildman–Crippen LogP) is 4.30. The summed E-state index contributed by atoms with van der Waals surface area (Å²) in [4.78, 5) is 14.7. The van der Waals surface area contributed by atoms with E-state index in [0.717, 1.165) is 5.92 Å². The van der Waals surface area contributed by atoms with Gasteiger partial charge in [0.05, 0.1) is 14.0 Å². The van der Waals surface area contributed by atoms with Crippen LogP contribution < -0.4 is 0 Å². The second kappa shape index (κ2) is 11.0. The number of hydrogen-bond acceptors (Lipinski definition) is 1. The molecule has 2 aliphatic rings. The van der Waals surface area contributed by atoms with E-state index in [1.54, 1.807) is 0 Å². The molecule has 1 amide bonds. The minimum atomic E-state index is -1.45. The van der Waals surface area contributed by atoms with Gasteiger partial charge in [0.15, 0.2) is 0 Å². The van der Waals surface area contributed by atoms with Crippen LogP contribution in [0, 0.1) is 62.8 Å². The van der Waals surface area contributed by atoms with Gasteiger partial charge in [0.2, 0.25) is 5.91 Å². The summed E-state index contributed by atoms with van der Waals surface area (Å²) < 4.78 is 0. The molecule has 2 rings (SSSR count). The molecule has 0 bridgehead atoms. The summed E-state index contributed by atoms with van der Waals surface area (Å²) in [6.07, 6.45) is 16.1. The van der Waals surface area contributed by atoms with Crippen molar-refractivity contribution in [2.45, 2.75) is 59.4 Å². The monoisotopic (exact) mass is 385 g/mol. The maximum atomic E-state index is 12.7. The third-order valence-electron chi connectivity index (χ3n) is 3.76. The van der Waals surface area contributed by atoms with Crippen molar-refractivity contribution in [1.29, 1.82) is 0 Å². The van der Waals surface area contributed by atoms with E-state index in [1.807, 2.05) is 49.8 Å². The maximum Gasteiger partial charge on any atom is 2.00 e. The molecule has 4 heteroatoms. The minimum Gasteiger partial charge on any atom is -0.337 e. The number of carbonyl (C=O) groups excluding carboxylic acids is 1. The van der Waals surface area contributed by atoms with E-state index in [9.17, 15) is 4.79 Å². The first kappa shape index (κ1) is 24.2. The molecule has 24 heavy (non-hydrogen) atoms. The van der Waals surface area contributed by atoms with Crippen LogP contribution in [0.3, 0.4) is 0 Å². The van der Waals surface area contributed by atoms with Crippen LogP contribution in [0.5, 0.6) is 0 Å². The van der Waals surface area contributed by atoms with Gasteiger partial charge >= 0.3 is 17.1 Å². The molecule has 132 valence electrons. The minimum absolute atomic E-state index is 0. The van der Waals surface area contributed by atoms with E-state index in [-0.39, 0.29) is 35.1 Å². The van der Waals surface area contributed by atoms with Crippen molar-refractivity contribution in [3.63, 3.8) is 0 Å². The van der Waals surface area contributed by atoms with Crippen LogP contribution in [0.15, 0.2) is 0 Å². The molecule has 0 aromatic rings. The molecule has 0 unspecified atom stereocenters. The van der Waals surface area contributed by atoms with Crippen molar-refractivity contribution >= 4 is 14.0 Å². The zero-order chi connectivity index (χ0) is 17.6. The van der Waals surface area contributed by atoms with Crippen molar-refractivity contribution < 1.29 is 21.9 Å². The van der Waals surface area contributed by atoms with E-state index >= 15 is 0 Å². The van der Waals surface area contributed by atoms with Gasteiger partial charge in [-0.25, -0.2) is 0 Å². The number of amides is 1. The number of hydrogen-bond donors (Lipinski definition) is 0. The van der Waals surface area contributed by atoms with E-state index < -0.39 is 8.07 Å². The number of nitrogens with zero attached hydrogens (tertiary/aromatic N) is 1. The van der Waals surface area contributed by atoms with Crippen molar-refractivity contribution in [1.82, 2.24) is 4.90 Å². The summed E-state index contributed by atoms with van der Waals surface area (Å²) in [5.74, 6) is 1.10. The summed E-state index contributed by atoms with van der Waals surface area (Å²) in [6.45, 7) is 15.2. The van der Waals surface area contributed by atoms with Gasteiger partial charge in [-0.3, -0.25) is 4.79 Å². The van der Waals surface area contributed by atoms with Crippen LogP contribution in [0.25, 0.3) is 0 Å². The molecule has 2 nitrogen and oxygen atoms in total. The summed E-state index contributed by atoms with van der Waals surface area (Å²) >= 11 is 0. The molecule has 0 aromatic heterocycles. The molecule has 0 heterocycles. The summed E-state index contributed by atoms with van der Waals surface area (Å²) in [7, 11) is -1.45. The van der Waals surface area contributed by atoms with E-state index in [0.29, 0.717) is 0 Å². The van der Waals surface area contributed by atoms with Gasteiger partial charge in [0, 0.05) is 12.1 Å². The Balaban J connectivity index is 0.000000751. The standard InChI is InChI=1S/C15H26NOSi.C5H5.Fe/c1-11(2)16(12(3)4)15(17)13-9-8-10-14(13)18(5,6)7;1-2-4-5-3-1;/h8-12H,1-7H3;1-5H;/q;;+2. The normalized spacial score (nSPS) is 19.2. The van der Waals surface area contributed by atoms with E-state index in [1.165, 1.54) is 5.54 Å². The molecule has 0 saturated heterocycles. The Kier molecular flexibility index (Phi) is 11.1. The fourth-order valence-electron chi connectivity index (χ4n) is 2.79. The molecule has 2 saturated carbocycles. The Morgan fingerprint density at radius 2 is 1.25 bits per heavy atom. The molecule has 2 fully saturated rings. The SMILES string of the molecule is CC(C)N(C(=O)[C]1[CH][CH][CH][C]1[Si](C)(C)C)C(C)C.[CH]1[CH][CH][CH][CH]1.[Fe+2]. The van der Waals surface area contributed by atoms with Gasteiger partial charge in [-0.15, -0.1) is 0 Å². The van der Waals surface area contributed by atoms with Gasteiger partial charge < -0.3 is 4.90 Å². The fourth-order valence-corrected chi connectivity index (χ4v) is 4.38. The average molecular weight is 385 g/mol. The van der Waals surface area contributed by atoms with Gasteiger partial charge in [-0.1, -0.05) is 19.6 Å². The molecular weight excluding hydrogens is 354 g/mol. The molecule has 0 aromatic carbocycles. The van der Waals surface area contributed by atoms with Crippen LogP contribution in [-0.4, -0.2) is 31.0 Å². The quantitative estimate of drug-likeness (QED) is 0.661. The number of rotatable bonds is 4. The first-order valence-electron chi connectivity index (χ1n) is 8.41. The molecule has 0 N–H and O–H groups in total. The van der Waals surface area contributed by atoms with Crippen LogP contribution in [0.4, 0.5) is 0 Å². The second-order valence-corrected chi connectivity index (χ2v) is 12.5. The zero-order valence-corrected chi connectivity index (χ0v) is 18.1. The molecule has 2 aliphatic carbocycles. The molecule has 0 aliphatic heterocycles. The molecule has 0 spiro atoms. The van der Waals surface area contributed by atoms with E-state index in [2.05, 4.69) is 53.8 Å². The molecule has 10 radical (unpaired) electrons. The van der Waals surface area contributed by atoms with Crippen LogP contribution in [0.2, 0.25) is 19.6 Å². The third kappa shape index (κ3) is 7.21. The Morgan fingerprint density at radius 3 is 1.58 bits per heavy atom. The van der Waals surface area contributed by atoms with Gasteiger partial charge in [0.1, 0.15) is 0 Å². The average Bonchev–Trinajstić information content (AvgIpc) is 3.12. The molecule has 0 atom stereocenters. The van der Waals surface area contributed by atoms with Crippen LogP contribution >= 0.6 is 0 Å². The second-order valence-electron chi connectivity index (χ2n) is 7.47. The van der Waals surface area contributed by atoms with Crippen molar-refractivity contribution in [3.8, 4) is 0 Å². The van der Waals surface area contributed by atoms with Crippen LogP contribution in [0.1, 0.15) is 27.7 Å². The predicted molar refractivity (Wildman–Crippen MR) is 101 cm³/mol. The third-order valence-corrected chi connectivity index (χ3v) is 5.81. The molecular formula is C20H31FeNOSi+2. The smallest absolute Gasteiger partial charge is 0.337 e. The van der Waals surface area contributed by atoms with Crippen molar-refractivity contribution in [2.75, 3.05) is 0 Å². The van der Waals surface area contributed by atoms with Crippen LogP contribution in [-0.2, 0) is 21.9 Å². The van der Waals surface area contributed by atoms with Gasteiger partial charge in [-0.05, 0) is 84.6 Å². The van der Waals surface area contributed by atoms with Crippen molar-refractivity contribution in [2.24, 2.45) is 0 Å². The topological polar surface area (TPSA) is 20.3 Å². The Morgan fingerprint density at radius 1 is 0.833 bits per heavy atom. The summed E-state index contributed by atoms with van der Waals surface area (Å²) in [5, 5.41) is 0. The summed E-state index contributed by atoms with van der Waals surface area (Å²) in [6, 6.07) is 0.476.